The van der Waals surface area contributed by atoms with Crippen LogP contribution in [0.25, 0.3) is 0 Å². The number of nitrogens with zero attached hydrogens (tertiary/aromatic N) is 2. The molecule has 4 heteroatoms. The normalized spacial score (nSPS) is 24.1. The topological polar surface area (TPSA) is 45.5 Å². The molecule has 18 heavy (non-hydrogen) atoms. The molecule has 4 nitrogen and oxygen atoms in total. The SMILES string of the molecule is CC1(C)CC(C#N)CN1c1ccc2c(c1)OCO2. The van der Waals surface area contributed by atoms with Crippen LogP contribution >= 0.6 is 0 Å². The monoisotopic (exact) mass is 244 g/mol. The molecule has 2 aliphatic heterocycles. The highest BCUT2D eigenvalue weighted by Crippen LogP contribution is 2.41. The lowest BCUT2D eigenvalue weighted by Gasteiger charge is -2.33. The third-order valence-electron chi connectivity index (χ3n) is 3.73. The summed E-state index contributed by atoms with van der Waals surface area (Å²) in [7, 11) is 0. The average molecular weight is 244 g/mol. The molecule has 1 unspecified atom stereocenters. The van der Waals surface area contributed by atoms with Crippen LogP contribution in [0.1, 0.15) is 20.3 Å². The van der Waals surface area contributed by atoms with E-state index in [0.29, 0.717) is 6.79 Å². The zero-order valence-corrected chi connectivity index (χ0v) is 10.6. The van der Waals surface area contributed by atoms with Gasteiger partial charge in [0.05, 0.1) is 12.0 Å². The van der Waals surface area contributed by atoms with Crippen molar-refractivity contribution in [2.75, 3.05) is 18.2 Å². The van der Waals surface area contributed by atoms with Gasteiger partial charge in [0.25, 0.3) is 0 Å². The molecule has 2 heterocycles. The molecular weight excluding hydrogens is 228 g/mol. The van der Waals surface area contributed by atoms with Gasteiger partial charge in [-0.1, -0.05) is 0 Å². The Balaban J connectivity index is 1.93. The van der Waals surface area contributed by atoms with Gasteiger partial charge in [-0.2, -0.15) is 5.26 Å². The van der Waals surface area contributed by atoms with Crippen LogP contribution in [0.2, 0.25) is 0 Å². The lowest BCUT2D eigenvalue weighted by Crippen LogP contribution is -2.38. The quantitative estimate of drug-likeness (QED) is 0.761. The van der Waals surface area contributed by atoms with Crippen molar-refractivity contribution in [3.05, 3.63) is 18.2 Å². The summed E-state index contributed by atoms with van der Waals surface area (Å²) in [6.07, 6.45) is 0.901. The first-order chi connectivity index (χ1) is 8.60. The molecule has 1 aromatic carbocycles. The van der Waals surface area contributed by atoms with Crippen LogP contribution in [0.5, 0.6) is 11.5 Å². The predicted molar refractivity (Wildman–Crippen MR) is 67.7 cm³/mol. The number of hydrogen-bond acceptors (Lipinski definition) is 4. The first kappa shape index (κ1) is 11.2. The van der Waals surface area contributed by atoms with E-state index in [1.165, 1.54) is 0 Å². The van der Waals surface area contributed by atoms with Crippen LogP contribution < -0.4 is 14.4 Å². The number of fused-ring (bicyclic) bond motifs is 1. The van der Waals surface area contributed by atoms with E-state index < -0.39 is 0 Å². The van der Waals surface area contributed by atoms with Gasteiger partial charge in [0.15, 0.2) is 11.5 Å². The molecule has 0 aliphatic carbocycles. The van der Waals surface area contributed by atoms with Gasteiger partial charge in [-0.3, -0.25) is 0 Å². The first-order valence-electron chi connectivity index (χ1n) is 6.17. The van der Waals surface area contributed by atoms with E-state index in [9.17, 15) is 0 Å². The van der Waals surface area contributed by atoms with Gasteiger partial charge in [0.1, 0.15) is 0 Å². The third kappa shape index (κ3) is 1.67. The zero-order valence-electron chi connectivity index (χ0n) is 10.6. The number of hydrogen-bond donors (Lipinski definition) is 0. The summed E-state index contributed by atoms with van der Waals surface area (Å²) >= 11 is 0. The molecule has 0 radical (unpaired) electrons. The van der Waals surface area contributed by atoms with Crippen LogP contribution in [0, 0.1) is 17.2 Å². The summed E-state index contributed by atoms with van der Waals surface area (Å²) in [5.74, 6) is 1.70. The van der Waals surface area contributed by atoms with Gasteiger partial charge < -0.3 is 14.4 Å². The molecule has 1 aromatic rings. The minimum atomic E-state index is 0.00803. The van der Waals surface area contributed by atoms with Crippen molar-refractivity contribution in [2.24, 2.45) is 5.92 Å². The molecular formula is C14H16N2O2. The molecule has 0 bridgehead atoms. The highest BCUT2D eigenvalue weighted by Gasteiger charge is 2.38. The van der Waals surface area contributed by atoms with E-state index in [2.05, 4.69) is 24.8 Å². The molecule has 1 saturated heterocycles. The molecule has 94 valence electrons. The van der Waals surface area contributed by atoms with Crippen LogP contribution in [0.15, 0.2) is 18.2 Å². The first-order valence-corrected chi connectivity index (χ1v) is 6.17. The smallest absolute Gasteiger partial charge is 0.231 e. The molecule has 1 fully saturated rings. The van der Waals surface area contributed by atoms with E-state index in [4.69, 9.17) is 14.7 Å². The molecule has 1 atom stereocenters. The minimum Gasteiger partial charge on any atom is -0.454 e. The molecule has 0 amide bonds. The van der Waals surface area contributed by atoms with Crippen molar-refractivity contribution in [3.8, 4) is 17.6 Å². The largest absolute Gasteiger partial charge is 0.454 e. The number of rotatable bonds is 1. The third-order valence-corrected chi connectivity index (χ3v) is 3.73. The fourth-order valence-electron chi connectivity index (χ4n) is 2.84. The zero-order chi connectivity index (χ0) is 12.8. The van der Waals surface area contributed by atoms with Crippen molar-refractivity contribution in [2.45, 2.75) is 25.8 Å². The van der Waals surface area contributed by atoms with Crippen molar-refractivity contribution >= 4 is 5.69 Å². The fraction of sp³-hybridized carbons (Fsp3) is 0.500. The van der Waals surface area contributed by atoms with Gasteiger partial charge in [-0.15, -0.1) is 0 Å². The maximum Gasteiger partial charge on any atom is 0.231 e. The summed E-state index contributed by atoms with van der Waals surface area (Å²) in [4.78, 5) is 2.28. The molecule has 2 aliphatic rings. The van der Waals surface area contributed by atoms with E-state index in [0.717, 1.165) is 30.2 Å². The number of anilines is 1. The van der Waals surface area contributed by atoms with Gasteiger partial charge in [0, 0.05) is 23.8 Å². The summed E-state index contributed by atoms with van der Waals surface area (Å²) in [5.41, 5.74) is 1.11. The van der Waals surface area contributed by atoms with Crippen molar-refractivity contribution < 1.29 is 9.47 Å². The van der Waals surface area contributed by atoms with Crippen LogP contribution in [-0.2, 0) is 0 Å². The van der Waals surface area contributed by atoms with Crippen molar-refractivity contribution in [1.29, 1.82) is 5.26 Å². The second-order valence-electron chi connectivity index (χ2n) is 5.49. The van der Waals surface area contributed by atoms with Gasteiger partial charge >= 0.3 is 0 Å². The van der Waals surface area contributed by atoms with Crippen LogP contribution in [-0.4, -0.2) is 18.9 Å². The molecule has 3 rings (SSSR count). The summed E-state index contributed by atoms with van der Waals surface area (Å²) < 4.78 is 10.7. The second kappa shape index (κ2) is 3.81. The Kier molecular flexibility index (Phi) is 2.37. The minimum absolute atomic E-state index is 0.00803. The summed E-state index contributed by atoms with van der Waals surface area (Å²) in [6.45, 7) is 5.43. The van der Waals surface area contributed by atoms with Crippen LogP contribution in [0.3, 0.4) is 0 Å². The lowest BCUT2D eigenvalue weighted by molar-refractivity contribution is 0.174. The van der Waals surface area contributed by atoms with Crippen molar-refractivity contribution in [1.82, 2.24) is 0 Å². The Hall–Kier alpha value is -1.89. The highest BCUT2D eigenvalue weighted by molar-refractivity contribution is 5.59. The number of ether oxygens (including phenoxy) is 2. The maximum absolute atomic E-state index is 9.10. The van der Waals surface area contributed by atoms with E-state index in [1.807, 2.05) is 18.2 Å². The molecule has 0 N–H and O–H groups in total. The standard InChI is InChI=1S/C14H16N2O2/c1-14(2)6-10(7-15)8-16(14)11-3-4-12-13(5-11)18-9-17-12/h3-5,10H,6,8-9H2,1-2H3. The predicted octanol–water partition coefficient (Wildman–Crippen LogP) is 2.54. The van der Waals surface area contributed by atoms with E-state index in [1.54, 1.807) is 0 Å². The Labute approximate surface area is 107 Å². The Morgan fingerprint density at radius 3 is 2.83 bits per heavy atom. The molecule has 0 aromatic heterocycles. The fourth-order valence-corrected chi connectivity index (χ4v) is 2.84. The average Bonchev–Trinajstić information content (AvgIpc) is 2.91. The number of benzene rings is 1. The Bertz CT molecular complexity index is 519. The van der Waals surface area contributed by atoms with E-state index >= 15 is 0 Å². The molecule has 0 saturated carbocycles. The lowest BCUT2D eigenvalue weighted by atomic mass is 9.97. The van der Waals surface area contributed by atoms with Gasteiger partial charge in [-0.05, 0) is 32.4 Å². The van der Waals surface area contributed by atoms with Crippen LogP contribution in [0.4, 0.5) is 5.69 Å². The second-order valence-corrected chi connectivity index (χ2v) is 5.49. The summed E-state index contributed by atoms with van der Waals surface area (Å²) in [5, 5.41) is 9.10. The van der Waals surface area contributed by atoms with E-state index in [-0.39, 0.29) is 11.5 Å². The van der Waals surface area contributed by atoms with Gasteiger partial charge in [0.2, 0.25) is 6.79 Å². The van der Waals surface area contributed by atoms with Crippen molar-refractivity contribution in [3.63, 3.8) is 0 Å². The number of nitriles is 1. The highest BCUT2D eigenvalue weighted by atomic mass is 16.7. The molecule has 0 spiro atoms. The Morgan fingerprint density at radius 2 is 2.11 bits per heavy atom. The van der Waals surface area contributed by atoms with Gasteiger partial charge in [-0.25, -0.2) is 0 Å². The summed E-state index contributed by atoms with van der Waals surface area (Å²) in [6, 6.07) is 8.35. The maximum atomic E-state index is 9.10. The Morgan fingerprint density at radius 1 is 1.33 bits per heavy atom.